The Balaban J connectivity index is 1.85. The summed E-state index contributed by atoms with van der Waals surface area (Å²) in [5, 5.41) is 1.58. The number of ether oxygens (including phenoxy) is 1. The molecule has 2 aromatic carbocycles. The van der Waals surface area contributed by atoms with E-state index in [9.17, 15) is 0 Å². The summed E-state index contributed by atoms with van der Waals surface area (Å²) >= 11 is 9.50. The second kappa shape index (κ2) is 5.81. The van der Waals surface area contributed by atoms with Crippen LogP contribution in [0, 0.1) is 0 Å². The fourth-order valence-corrected chi connectivity index (χ4v) is 2.53. The normalized spacial score (nSPS) is 10.7. The van der Waals surface area contributed by atoms with Crippen molar-refractivity contribution in [3.05, 3.63) is 69.8 Å². The maximum atomic E-state index is 6.03. The van der Waals surface area contributed by atoms with Crippen LogP contribution in [0.1, 0.15) is 5.56 Å². The molecule has 3 rings (SSSR count). The summed E-state index contributed by atoms with van der Waals surface area (Å²) in [5.41, 5.74) is 1.99. The predicted molar refractivity (Wildman–Crippen MR) is 85.2 cm³/mol. The van der Waals surface area contributed by atoms with Crippen molar-refractivity contribution in [3.8, 4) is 5.75 Å². The lowest BCUT2D eigenvalue weighted by Gasteiger charge is -2.08. The molecule has 0 atom stereocenters. The Morgan fingerprint density at radius 1 is 1.10 bits per heavy atom. The van der Waals surface area contributed by atoms with Gasteiger partial charge >= 0.3 is 0 Å². The Morgan fingerprint density at radius 3 is 2.70 bits per heavy atom. The molecule has 2 nitrogen and oxygen atoms in total. The van der Waals surface area contributed by atoms with Crippen molar-refractivity contribution < 1.29 is 4.74 Å². The first-order valence-electron chi connectivity index (χ1n) is 6.14. The molecule has 0 spiro atoms. The average molecular weight is 349 g/mol. The van der Waals surface area contributed by atoms with E-state index in [1.165, 1.54) is 0 Å². The minimum Gasteiger partial charge on any atom is -0.489 e. The van der Waals surface area contributed by atoms with Crippen LogP contribution < -0.4 is 4.74 Å². The molecule has 0 aliphatic carbocycles. The van der Waals surface area contributed by atoms with E-state index in [1.54, 1.807) is 6.20 Å². The third-order valence-electron chi connectivity index (χ3n) is 2.98. The number of pyridine rings is 1. The topological polar surface area (TPSA) is 22.1 Å². The molecule has 0 N–H and O–H groups in total. The van der Waals surface area contributed by atoms with Crippen LogP contribution in [-0.2, 0) is 6.61 Å². The van der Waals surface area contributed by atoms with E-state index in [-0.39, 0.29) is 0 Å². The van der Waals surface area contributed by atoms with Gasteiger partial charge < -0.3 is 4.74 Å². The van der Waals surface area contributed by atoms with Gasteiger partial charge in [-0.1, -0.05) is 41.9 Å². The molecule has 20 heavy (non-hydrogen) atoms. The van der Waals surface area contributed by atoms with Gasteiger partial charge in [0.05, 0.1) is 10.5 Å². The first kappa shape index (κ1) is 13.4. The van der Waals surface area contributed by atoms with Gasteiger partial charge in [-0.25, -0.2) is 0 Å². The Kier molecular flexibility index (Phi) is 3.90. The zero-order chi connectivity index (χ0) is 13.9. The van der Waals surface area contributed by atoms with E-state index < -0.39 is 0 Å². The first-order chi connectivity index (χ1) is 9.74. The number of halogens is 2. The number of benzene rings is 2. The van der Waals surface area contributed by atoms with E-state index >= 15 is 0 Å². The molecule has 0 fully saturated rings. The second-order valence-corrected chi connectivity index (χ2v) is 5.57. The molecule has 0 aliphatic rings. The summed E-state index contributed by atoms with van der Waals surface area (Å²) in [5.74, 6) is 0.795. The zero-order valence-corrected chi connectivity index (χ0v) is 12.9. The summed E-state index contributed by atoms with van der Waals surface area (Å²) < 4.78 is 6.64. The van der Waals surface area contributed by atoms with E-state index in [0.717, 1.165) is 26.7 Å². The molecule has 0 bridgehead atoms. The monoisotopic (exact) mass is 347 g/mol. The van der Waals surface area contributed by atoms with Crippen molar-refractivity contribution >= 4 is 38.4 Å². The smallest absolute Gasteiger partial charge is 0.122 e. The fourth-order valence-electron chi connectivity index (χ4n) is 1.95. The summed E-state index contributed by atoms with van der Waals surface area (Å²) in [7, 11) is 0. The van der Waals surface area contributed by atoms with E-state index in [2.05, 4.69) is 20.9 Å². The third kappa shape index (κ3) is 2.79. The standard InChI is InChI=1S/C16H11BrClNO/c17-16-13-7-6-12(8-15(13)19-9-14(16)18)20-10-11-4-2-1-3-5-11/h1-9H,10H2. The Labute approximate surface area is 130 Å². The van der Waals surface area contributed by atoms with Crippen LogP contribution in [0.25, 0.3) is 10.9 Å². The molecule has 0 amide bonds. The van der Waals surface area contributed by atoms with Crippen molar-refractivity contribution in [2.75, 3.05) is 0 Å². The molecule has 3 aromatic rings. The maximum Gasteiger partial charge on any atom is 0.122 e. The number of rotatable bonds is 3. The van der Waals surface area contributed by atoms with Gasteiger partial charge in [-0.3, -0.25) is 4.98 Å². The van der Waals surface area contributed by atoms with Crippen molar-refractivity contribution in [2.45, 2.75) is 6.61 Å². The quantitative estimate of drug-likeness (QED) is 0.646. The van der Waals surface area contributed by atoms with Gasteiger partial charge in [0.15, 0.2) is 0 Å². The Bertz CT molecular complexity index is 746. The summed E-state index contributed by atoms with van der Waals surface area (Å²) in [6.07, 6.45) is 1.63. The predicted octanol–water partition coefficient (Wildman–Crippen LogP) is 5.23. The van der Waals surface area contributed by atoms with Gasteiger partial charge in [-0.2, -0.15) is 0 Å². The molecule has 4 heteroatoms. The molecule has 0 radical (unpaired) electrons. The van der Waals surface area contributed by atoms with Crippen LogP contribution in [0.4, 0.5) is 0 Å². The van der Waals surface area contributed by atoms with Crippen LogP contribution >= 0.6 is 27.5 Å². The highest BCUT2D eigenvalue weighted by atomic mass is 79.9. The number of hydrogen-bond acceptors (Lipinski definition) is 2. The van der Waals surface area contributed by atoms with Gasteiger partial charge in [-0.05, 0) is 33.6 Å². The average Bonchev–Trinajstić information content (AvgIpc) is 2.50. The van der Waals surface area contributed by atoms with Gasteiger partial charge in [0.2, 0.25) is 0 Å². The van der Waals surface area contributed by atoms with Gasteiger partial charge in [0.1, 0.15) is 12.4 Å². The number of aromatic nitrogens is 1. The summed E-state index contributed by atoms with van der Waals surface area (Å²) in [6, 6.07) is 15.9. The summed E-state index contributed by atoms with van der Waals surface area (Å²) in [4.78, 5) is 4.32. The van der Waals surface area contributed by atoms with Gasteiger partial charge in [0.25, 0.3) is 0 Å². The molecule has 0 saturated heterocycles. The highest BCUT2D eigenvalue weighted by Crippen LogP contribution is 2.31. The minimum absolute atomic E-state index is 0.543. The van der Waals surface area contributed by atoms with Crippen LogP contribution in [0.15, 0.2) is 59.2 Å². The molecule has 100 valence electrons. The SMILES string of the molecule is Clc1cnc2cc(OCc3ccccc3)ccc2c1Br. The third-order valence-corrected chi connectivity index (χ3v) is 4.35. The molecule has 1 aromatic heterocycles. The minimum atomic E-state index is 0.543. The van der Waals surface area contributed by atoms with Gasteiger partial charge in [-0.15, -0.1) is 0 Å². The highest BCUT2D eigenvalue weighted by molar-refractivity contribution is 9.10. The lowest BCUT2D eigenvalue weighted by atomic mass is 10.2. The Hall–Kier alpha value is -1.58. The van der Waals surface area contributed by atoms with Crippen LogP contribution in [0.2, 0.25) is 5.02 Å². The van der Waals surface area contributed by atoms with Crippen molar-refractivity contribution in [3.63, 3.8) is 0 Å². The van der Waals surface area contributed by atoms with Crippen LogP contribution in [0.3, 0.4) is 0 Å². The highest BCUT2D eigenvalue weighted by Gasteiger charge is 2.06. The van der Waals surface area contributed by atoms with Crippen molar-refractivity contribution in [1.29, 1.82) is 0 Å². The van der Waals surface area contributed by atoms with E-state index in [1.807, 2.05) is 48.5 Å². The molecule has 1 heterocycles. The lowest BCUT2D eigenvalue weighted by Crippen LogP contribution is -1.95. The molecule has 0 aliphatic heterocycles. The number of fused-ring (bicyclic) bond motifs is 1. The second-order valence-electron chi connectivity index (χ2n) is 4.37. The maximum absolute atomic E-state index is 6.03. The first-order valence-corrected chi connectivity index (χ1v) is 7.31. The molecular weight excluding hydrogens is 338 g/mol. The summed E-state index contributed by atoms with van der Waals surface area (Å²) in [6.45, 7) is 0.543. The fraction of sp³-hybridized carbons (Fsp3) is 0.0625. The largest absolute Gasteiger partial charge is 0.489 e. The molecule has 0 unspecified atom stereocenters. The van der Waals surface area contributed by atoms with Crippen molar-refractivity contribution in [1.82, 2.24) is 4.98 Å². The van der Waals surface area contributed by atoms with Crippen molar-refractivity contribution in [2.24, 2.45) is 0 Å². The van der Waals surface area contributed by atoms with Gasteiger partial charge in [0, 0.05) is 22.1 Å². The van der Waals surface area contributed by atoms with E-state index in [0.29, 0.717) is 11.6 Å². The Morgan fingerprint density at radius 2 is 1.90 bits per heavy atom. The van der Waals surface area contributed by atoms with Crippen LogP contribution in [0.5, 0.6) is 5.75 Å². The number of nitrogens with zero attached hydrogens (tertiary/aromatic N) is 1. The molecule has 0 saturated carbocycles. The lowest BCUT2D eigenvalue weighted by molar-refractivity contribution is 0.306. The number of hydrogen-bond donors (Lipinski definition) is 0. The molecular formula is C16H11BrClNO. The zero-order valence-electron chi connectivity index (χ0n) is 10.5. The van der Waals surface area contributed by atoms with Crippen LogP contribution in [-0.4, -0.2) is 4.98 Å². The van der Waals surface area contributed by atoms with E-state index in [4.69, 9.17) is 16.3 Å².